The second-order valence-corrected chi connectivity index (χ2v) is 5.65. The lowest BCUT2D eigenvalue weighted by molar-refractivity contribution is 0.102. The van der Waals surface area contributed by atoms with Crippen LogP contribution in [-0.4, -0.2) is 18.8 Å². The summed E-state index contributed by atoms with van der Waals surface area (Å²) in [5, 5.41) is 2.93. The van der Waals surface area contributed by atoms with E-state index in [4.69, 9.17) is 10.5 Å². The van der Waals surface area contributed by atoms with Crippen molar-refractivity contribution in [2.45, 2.75) is 11.8 Å². The van der Waals surface area contributed by atoms with Crippen LogP contribution in [-0.2, 0) is 0 Å². The number of methoxy groups -OCH3 is 1. The molecule has 0 atom stereocenters. The maximum absolute atomic E-state index is 12.3. The molecule has 0 saturated carbocycles. The third kappa shape index (κ3) is 3.70. The van der Waals surface area contributed by atoms with E-state index >= 15 is 0 Å². The summed E-state index contributed by atoms with van der Waals surface area (Å²) in [6.07, 6.45) is 0. The largest absolute Gasteiger partial charge is 0.495 e. The van der Waals surface area contributed by atoms with Gasteiger partial charge in [-0.15, -0.1) is 11.8 Å². The van der Waals surface area contributed by atoms with E-state index in [0.29, 0.717) is 17.0 Å². The van der Waals surface area contributed by atoms with Gasteiger partial charge in [-0.3, -0.25) is 4.79 Å². The molecule has 0 radical (unpaired) electrons. The molecule has 0 heterocycles. The number of nitrogen functional groups attached to an aromatic ring is 1. The molecule has 3 N–H and O–H groups in total. The van der Waals surface area contributed by atoms with Crippen LogP contribution in [0.1, 0.15) is 17.3 Å². The van der Waals surface area contributed by atoms with E-state index in [2.05, 4.69) is 12.2 Å². The zero-order valence-electron chi connectivity index (χ0n) is 12.1. The van der Waals surface area contributed by atoms with Crippen molar-refractivity contribution >= 4 is 29.0 Å². The van der Waals surface area contributed by atoms with E-state index < -0.39 is 0 Å². The Labute approximate surface area is 128 Å². The van der Waals surface area contributed by atoms with E-state index in [1.165, 1.54) is 7.11 Å². The lowest BCUT2D eigenvalue weighted by atomic mass is 10.1. The smallest absolute Gasteiger partial charge is 0.255 e. The highest BCUT2D eigenvalue weighted by Crippen LogP contribution is 2.28. The van der Waals surface area contributed by atoms with Crippen molar-refractivity contribution in [1.29, 1.82) is 0 Å². The average molecular weight is 302 g/mol. The third-order valence-corrected chi connectivity index (χ3v) is 3.89. The molecule has 5 heteroatoms. The fourth-order valence-corrected chi connectivity index (χ4v) is 2.66. The van der Waals surface area contributed by atoms with Crippen LogP contribution in [0.15, 0.2) is 47.4 Å². The molecule has 0 bridgehead atoms. The summed E-state index contributed by atoms with van der Waals surface area (Å²) in [6, 6.07) is 12.7. The Bertz CT molecular complexity index is 644. The molecule has 4 nitrogen and oxygen atoms in total. The molecule has 2 rings (SSSR count). The number of carbonyl (C=O) groups excluding carboxylic acids is 1. The molecule has 2 aromatic rings. The van der Waals surface area contributed by atoms with Gasteiger partial charge in [0.05, 0.1) is 18.5 Å². The number of benzene rings is 2. The minimum Gasteiger partial charge on any atom is -0.495 e. The Hall–Kier alpha value is -2.14. The third-order valence-electron chi connectivity index (χ3n) is 2.93. The predicted octanol–water partition coefficient (Wildman–Crippen LogP) is 3.64. The van der Waals surface area contributed by atoms with Crippen molar-refractivity contribution in [2.75, 3.05) is 23.9 Å². The zero-order chi connectivity index (χ0) is 15.2. The molecule has 0 fully saturated rings. The number of anilines is 2. The van der Waals surface area contributed by atoms with Crippen LogP contribution < -0.4 is 15.8 Å². The van der Waals surface area contributed by atoms with Gasteiger partial charge in [0.1, 0.15) is 5.75 Å². The molecule has 21 heavy (non-hydrogen) atoms. The number of rotatable bonds is 5. The molecule has 0 unspecified atom stereocenters. The fraction of sp³-hybridized carbons (Fsp3) is 0.188. The summed E-state index contributed by atoms with van der Waals surface area (Å²) in [5.41, 5.74) is 7.59. The van der Waals surface area contributed by atoms with Gasteiger partial charge in [-0.25, -0.2) is 0 Å². The molecular formula is C16H18N2O2S. The van der Waals surface area contributed by atoms with Crippen LogP contribution in [0.4, 0.5) is 11.4 Å². The Balaban J connectivity index is 2.22. The topological polar surface area (TPSA) is 64.4 Å². The predicted molar refractivity (Wildman–Crippen MR) is 88.2 cm³/mol. The van der Waals surface area contributed by atoms with E-state index in [1.54, 1.807) is 30.0 Å². The van der Waals surface area contributed by atoms with Crippen molar-refractivity contribution < 1.29 is 9.53 Å². The Morgan fingerprint density at radius 1 is 1.29 bits per heavy atom. The number of hydrogen-bond acceptors (Lipinski definition) is 4. The van der Waals surface area contributed by atoms with Crippen LogP contribution in [0.2, 0.25) is 0 Å². The van der Waals surface area contributed by atoms with E-state index in [9.17, 15) is 4.79 Å². The summed E-state index contributed by atoms with van der Waals surface area (Å²) in [5.74, 6) is 1.26. The SMILES string of the molecule is CCSc1ccccc1NC(=O)c1ccc(N)c(OC)c1. The van der Waals surface area contributed by atoms with E-state index in [0.717, 1.165) is 16.3 Å². The van der Waals surface area contributed by atoms with Gasteiger partial charge in [0.15, 0.2) is 0 Å². The molecule has 1 amide bonds. The molecule has 2 aromatic carbocycles. The molecular weight excluding hydrogens is 284 g/mol. The van der Waals surface area contributed by atoms with Gasteiger partial charge in [-0.1, -0.05) is 19.1 Å². The number of thioether (sulfide) groups is 1. The first-order valence-corrected chi connectivity index (χ1v) is 7.61. The van der Waals surface area contributed by atoms with Crippen LogP contribution in [0, 0.1) is 0 Å². The number of amides is 1. The normalized spacial score (nSPS) is 10.2. The number of nitrogens with two attached hydrogens (primary N) is 1. The van der Waals surface area contributed by atoms with Crippen LogP contribution >= 0.6 is 11.8 Å². The first-order chi connectivity index (χ1) is 10.2. The van der Waals surface area contributed by atoms with Crippen LogP contribution in [0.3, 0.4) is 0 Å². The molecule has 0 spiro atoms. The molecule has 0 aliphatic heterocycles. The van der Waals surface area contributed by atoms with Gasteiger partial charge in [0, 0.05) is 10.5 Å². The molecule has 0 aliphatic rings. The number of ether oxygens (including phenoxy) is 1. The quantitative estimate of drug-likeness (QED) is 0.654. The van der Waals surface area contributed by atoms with Gasteiger partial charge in [0.2, 0.25) is 0 Å². The van der Waals surface area contributed by atoms with Crippen LogP contribution in [0.25, 0.3) is 0 Å². The summed E-state index contributed by atoms with van der Waals surface area (Å²) in [6.45, 7) is 2.08. The summed E-state index contributed by atoms with van der Waals surface area (Å²) in [7, 11) is 1.53. The monoisotopic (exact) mass is 302 g/mol. The number of carbonyl (C=O) groups is 1. The van der Waals surface area contributed by atoms with Crippen molar-refractivity contribution in [2.24, 2.45) is 0 Å². The van der Waals surface area contributed by atoms with Crippen LogP contribution in [0.5, 0.6) is 5.75 Å². The highest BCUT2D eigenvalue weighted by Gasteiger charge is 2.11. The minimum atomic E-state index is -0.183. The maximum Gasteiger partial charge on any atom is 0.255 e. The van der Waals surface area contributed by atoms with Crippen molar-refractivity contribution in [3.8, 4) is 5.75 Å². The van der Waals surface area contributed by atoms with E-state index in [-0.39, 0.29) is 5.91 Å². The molecule has 0 aromatic heterocycles. The first-order valence-electron chi connectivity index (χ1n) is 6.62. The van der Waals surface area contributed by atoms with Gasteiger partial charge in [-0.2, -0.15) is 0 Å². The minimum absolute atomic E-state index is 0.183. The molecule has 0 saturated heterocycles. The first kappa shape index (κ1) is 15.3. The second kappa shape index (κ2) is 7.04. The summed E-state index contributed by atoms with van der Waals surface area (Å²) >= 11 is 1.69. The number of hydrogen-bond donors (Lipinski definition) is 2. The summed E-state index contributed by atoms with van der Waals surface area (Å²) < 4.78 is 5.14. The Morgan fingerprint density at radius 3 is 2.76 bits per heavy atom. The standard InChI is InChI=1S/C16H18N2O2S/c1-3-21-15-7-5-4-6-13(15)18-16(19)11-8-9-12(17)14(10-11)20-2/h4-10H,3,17H2,1-2H3,(H,18,19). The van der Waals surface area contributed by atoms with Gasteiger partial charge in [-0.05, 0) is 36.1 Å². The molecule has 0 aliphatic carbocycles. The van der Waals surface area contributed by atoms with Crippen molar-refractivity contribution in [1.82, 2.24) is 0 Å². The number of nitrogens with one attached hydrogen (secondary N) is 1. The number of para-hydroxylation sites is 1. The fourth-order valence-electron chi connectivity index (χ4n) is 1.90. The highest BCUT2D eigenvalue weighted by molar-refractivity contribution is 7.99. The Morgan fingerprint density at radius 2 is 2.05 bits per heavy atom. The maximum atomic E-state index is 12.3. The van der Waals surface area contributed by atoms with Crippen molar-refractivity contribution in [3.63, 3.8) is 0 Å². The zero-order valence-corrected chi connectivity index (χ0v) is 12.9. The highest BCUT2D eigenvalue weighted by atomic mass is 32.2. The average Bonchev–Trinajstić information content (AvgIpc) is 2.50. The Kier molecular flexibility index (Phi) is 5.11. The lowest BCUT2D eigenvalue weighted by Gasteiger charge is -2.11. The van der Waals surface area contributed by atoms with E-state index in [1.807, 2.05) is 24.3 Å². The van der Waals surface area contributed by atoms with Gasteiger partial charge >= 0.3 is 0 Å². The lowest BCUT2D eigenvalue weighted by Crippen LogP contribution is -2.13. The second-order valence-electron chi connectivity index (χ2n) is 4.34. The summed E-state index contributed by atoms with van der Waals surface area (Å²) in [4.78, 5) is 13.4. The van der Waals surface area contributed by atoms with Gasteiger partial charge in [0.25, 0.3) is 5.91 Å². The molecule has 110 valence electrons. The van der Waals surface area contributed by atoms with Gasteiger partial charge < -0.3 is 15.8 Å². The van der Waals surface area contributed by atoms with Crippen molar-refractivity contribution in [3.05, 3.63) is 48.0 Å².